The molecule has 0 N–H and O–H groups in total. The molecule has 1 aromatic rings. The smallest absolute Gasteiger partial charge is 0.288 e. The van der Waals surface area contributed by atoms with Crippen molar-refractivity contribution in [1.29, 1.82) is 0 Å². The normalized spacial score (nSPS) is 11.8. The van der Waals surface area contributed by atoms with E-state index in [1.54, 1.807) is 7.11 Å². The highest BCUT2D eigenvalue weighted by Gasteiger charge is 2.15. The van der Waals surface area contributed by atoms with Gasteiger partial charge in [0.15, 0.2) is 6.40 Å². The minimum atomic E-state index is -1.67. The first-order valence-electron chi connectivity index (χ1n) is 4.36. The molecular weight excluding hydrogens is 272 g/mol. The van der Waals surface area contributed by atoms with Gasteiger partial charge in [0.25, 0.3) is 3.92 Å². The van der Waals surface area contributed by atoms with Gasteiger partial charge in [-0.3, -0.25) is 0 Å². The van der Waals surface area contributed by atoms with E-state index in [2.05, 4.69) is 4.99 Å². The second-order valence-corrected chi connectivity index (χ2v) is 5.08. The predicted molar refractivity (Wildman–Crippen MR) is 66.6 cm³/mol. The molecule has 0 spiro atoms. The molecule has 0 saturated heterocycles. The van der Waals surface area contributed by atoms with Gasteiger partial charge in [0.1, 0.15) is 12.4 Å². The highest BCUT2D eigenvalue weighted by molar-refractivity contribution is 6.67. The van der Waals surface area contributed by atoms with Crippen molar-refractivity contribution in [3.8, 4) is 5.75 Å². The Hall–Kier alpha value is -0.640. The number of halogens is 3. The zero-order valence-electron chi connectivity index (χ0n) is 8.49. The predicted octanol–water partition coefficient (Wildman–Crippen LogP) is 3.57. The van der Waals surface area contributed by atoms with Crippen LogP contribution in [0.3, 0.4) is 0 Å². The van der Waals surface area contributed by atoms with Gasteiger partial charge in [-0.1, -0.05) is 46.9 Å². The summed E-state index contributed by atoms with van der Waals surface area (Å²) in [6.07, 6.45) is 1.12. The zero-order chi connectivity index (χ0) is 12.0. The van der Waals surface area contributed by atoms with Crippen LogP contribution >= 0.6 is 34.8 Å². The lowest BCUT2D eigenvalue weighted by Crippen LogP contribution is -1.99. The topological polar surface area (TPSA) is 30.8 Å². The minimum absolute atomic E-state index is 0.355. The fraction of sp³-hybridized carbons (Fsp3) is 0.300. The summed E-state index contributed by atoms with van der Waals surface area (Å²) in [7, 11) is 1.61. The Balaban J connectivity index is 2.40. The van der Waals surface area contributed by atoms with Crippen molar-refractivity contribution in [1.82, 2.24) is 0 Å². The number of rotatable bonds is 4. The lowest BCUT2D eigenvalue weighted by molar-refractivity contribution is 0.306. The maximum absolute atomic E-state index is 5.39. The zero-order valence-corrected chi connectivity index (χ0v) is 10.8. The standard InChI is InChI=1S/C10H10Cl3NO2/c1-15-9-4-2-8(3-5-9)6-16-7-14-10(11,12)13/h2-5,7H,6H2,1H3/b14-7+. The lowest BCUT2D eigenvalue weighted by atomic mass is 10.2. The van der Waals surface area contributed by atoms with Crippen molar-refractivity contribution in [3.63, 3.8) is 0 Å². The highest BCUT2D eigenvalue weighted by Crippen LogP contribution is 2.26. The summed E-state index contributed by atoms with van der Waals surface area (Å²) in [5.41, 5.74) is 0.969. The van der Waals surface area contributed by atoms with E-state index in [0.717, 1.165) is 17.7 Å². The molecule has 0 aliphatic carbocycles. The highest BCUT2D eigenvalue weighted by atomic mass is 35.6. The van der Waals surface area contributed by atoms with Crippen molar-refractivity contribution >= 4 is 41.2 Å². The van der Waals surface area contributed by atoms with Gasteiger partial charge >= 0.3 is 0 Å². The van der Waals surface area contributed by atoms with Crippen molar-refractivity contribution in [2.45, 2.75) is 10.5 Å². The second kappa shape index (κ2) is 6.18. The number of ether oxygens (including phenoxy) is 2. The molecule has 0 radical (unpaired) electrons. The van der Waals surface area contributed by atoms with Crippen LogP contribution in [-0.2, 0) is 11.3 Å². The number of nitrogens with zero attached hydrogens (tertiary/aromatic N) is 1. The molecule has 0 saturated carbocycles. The summed E-state index contributed by atoms with van der Waals surface area (Å²) in [4.78, 5) is 3.53. The molecule has 16 heavy (non-hydrogen) atoms. The molecule has 0 fully saturated rings. The summed E-state index contributed by atoms with van der Waals surface area (Å²) in [5, 5.41) is 0. The number of alkyl halides is 3. The first kappa shape index (κ1) is 13.4. The van der Waals surface area contributed by atoms with E-state index in [-0.39, 0.29) is 0 Å². The van der Waals surface area contributed by atoms with E-state index in [1.165, 1.54) is 0 Å². The minimum Gasteiger partial charge on any atom is -0.497 e. The molecule has 6 heteroatoms. The summed E-state index contributed by atoms with van der Waals surface area (Å²) in [6.45, 7) is 0.355. The van der Waals surface area contributed by atoms with Crippen LogP contribution in [0.5, 0.6) is 5.75 Å². The summed E-state index contributed by atoms with van der Waals surface area (Å²) < 4.78 is 8.44. The molecule has 3 nitrogen and oxygen atoms in total. The quantitative estimate of drug-likeness (QED) is 0.366. The molecule has 0 atom stereocenters. The van der Waals surface area contributed by atoms with Crippen LogP contribution in [0.15, 0.2) is 29.3 Å². The molecule has 0 aliphatic heterocycles. The number of benzene rings is 1. The van der Waals surface area contributed by atoms with Gasteiger partial charge in [-0.05, 0) is 17.7 Å². The molecule has 88 valence electrons. The van der Waals surface area contributed by atoms with Crippen molar-refractivity contribution in [2.75, 3.05) is 7.11 Å². The van der Waals surface area contributed by atoms with E-state index in [9.17, 15) is 0 Å². The Morgan fingerprint density at radius 1 is 1.25 bits per heavy atom. The SMILES string of the molecule is COc1ccc(CO/C=N/C(Cl)(Cl)Cl)cc1. The van der Waals surface area contributed by atoms with Crippen LogP contribution < -0.4 is 4.74 Å². The van der Waals surface area contributed by atoms with E-state index < -0.39 is 3.92 Å². The molecule has 0 heterocycles. The van der Waals surface area contributed by atoms with Crippen LogP contribution in [0.25, 0.3) is 0 Å². The van der Waals surface area contributed by atoms with Crippen LogP contribution in [0.4, 0.5) is 0 Å². The Kier molecular flexibility index (Phi) is 5.19. The van der Waals surface area contributed by atoms with Gasteiger partial charge in [0.2, 0.25) is 0 Å². The van der Waals surface area contributed by atoms with Gasteiger partial charge in [-0.2, -0.15) is 0 Å². The average Bonchev–Trinajstić information content (AvgIpc) is 2.24. The van der Waals surface area contributed by atoms with Crippen LogP contribution in [0.2, 0.25) is 0 Å². The molecular formula is C10H10Cl3NO2. The molecule has 1 rings (SSSR count). The third-order valence-corrected chi connectivity index (χ3v) is 1.98. The number of methoxy groups -OCH3 is 1. The van der Waals surface area contributed by atoms with Crippen LogP contribution in [0, 0.1) is 0 Å². The van der Waals surface area contributed by atoms with Crippen LogP contribution in [0.1, 0.15) is 5.56 Å². The second-order valence-electron chi connectivity index (χ2n) is 2.86. The maximum atomic E-state index is 5.39. The van der Waals surface area contributed by atoms with Gasteiger partial charge in [-0.25, -0.2) is 4.99 Å². The molecule has 0 unspecified atom stereocenters. The summed E-state index contributed by atoms with van der Waals surface area (Å²) in [6, 6.07) is 7.43. The van der Waals surface area contributed by atoms with Gasteiger partial charge in [-0.15, -0.1) is 0 Å². The monoisotopic (exact) mass is 281 g/mol. The van der Waals surface area contributed by atoms with Crippen molar-refractivity contribution in [2.24, 2.45) is 4.99 Å². The van der Waals surface area contributed by atoms with E-state index in [0.29, 0.717) is 6.61 Å². The lowest BCUT2D eigenvalue weighted by Gasteiger charge is -2.04. The number of aliphatic imine (C=N–C) groups is 1. The van der Waals surface area contributed by atoms with E-state index in [1.807, 2.05) is 24.3 Å². The van der Waals surface area contributed by atoms with E-state index >= 15 is 0 Å². The largest absolute Gasteiger partial charge is 0.497 e. The third kappa shape index (κ3) is 5.45. The van der Waals surface area contributed by atoms with Crippen molar-refractivity contribution < 1.29 is 9.47 Å². The maximum Gasteiger partial charge on any atom is 0.288 e. The van der Waals surface area contributed by atoms with Gasteiger partial charge in [0, 0.05) is 0 Å². The Morgan fingerprint density at radius 2 is 1.88 bits per heavy atom. The molecule has 1 aromatic carbocycles. The first-order valence-corrected chi connectivity index (χ1v) is 5.49. The Morgan fingerprint density at radius 3 is 2.38 bits per heavy atom. The Bertz CT molecular complexity index is 346. The number of hydrogen-bond acceptors (Lipinski definition) is 3. The fourth-order valence-corrected chi connectivity index (χ4v) is 1.07. The molecule has 0 aliphatic rings. The summed E-state index contributed by atoms with van der Waals surface area (Å²) in [5.74, 6) is 0.790. The van der Waals surface area contributed by atoms with E-state index in [4.69, 9.17) is 44.3 Å². The Labute approximate surface area is 109 Å². The summed E-state index contributed by atoms with van der Waals surface area (Å²) >= 11 is 16.2. The molecule has 0 aromatic heterocycles. The number of hydrogen-bond donors (Lipinski definition) is 0. The van der Waals surface area contributed by atoms with Gasteiger partial charge < -0.3 is 9.47 Å². The average molecular weight is 283 g/mol. The van der Waals surface area contributed by atoms with Crippen LogP contribution in [-0.4, -0.2) is 17.4 Å². The third-order valence-electron chi connectivity index (χ3n) is 1.68. The van der Waals surface area contributed by atoms with Crippen molar-refractivity contribution in [3.05, 3.63) is 29.8 Å². The fourth-order valence-electron chi connectivity index (χ4n) is 0.952. The van der Waals surface area contributed by atoms with Gasteiger partial charge in [0.05, 0.1) is 7.11 Å². The first-order chi connectivity index (χ1) is 7.51. The molecule has 0 bridgehead atoms. The molecule has 0 amide bonds.